The van der Waals surface area contributed by atoms with Crippen LogP contribution in [0.1, 0.15) is 28.2 Å². The number of amides is 1. The van der Waals surface area contributed by atoms with Crippen molar-refractivity contribution in [2.24, 2.45) is 0 Å². The van der Waals surface area contributed by atoms with Crippen LogP contribution in [0, 0.1) is 18.3 Å². The fourth-order valence-electron chi connectivity index (χ4n) is 2.37. The third-order valence-electron chi connectivity index (χ3n) is 3.51. The Morgan fingerprint density at radius 2 is 2.29 bits per heavy atom. The Bertz CT molecular complexity index is 555. The highest BCUT2D eigenvalue weighted by atomic mass is 79.9. The number of carbonyl (C=O) groups is 1. The average Bonchev–Trinajstić information content (AvgIpc) is 2.74. The normalized spacial score (nSPS) is 21.2. The minimum Gasteiger partial charge on any atom is -0.378 e. The molecule has 0 aliphatic carbocycles. The number of rotatable bonds is 3. The van der Waals surface area contributed by atoms with Gasteiger partial charge in [-0.3, -0.25) is 4.79 Å². The molecule has 2 heterocycles. The van der Waals surface area contributed by atoms with Crippen molar-refractivity contribution < 1.29 is 9.53 Å². The maximum atomic E-state index is 12.3. The van der Waals surface area contributed by atoms with E-state index in [1.165, 1.54) is 0 Å². The van der Waals surface area contributed by atoms with Gasteiger partial charge in [0.15, 0.2) is 0 Å². The van der Waals surface area contributed by atoms with Crippen molar-refractivity contribution in [2.75, 3.05) is 20.2 Å². The molecule has 0 radical (unpaired) electrons. The number of aryl methyl sites for hydroxylation is 1. The van der Waals surface area contributed by atoms with Crippen LogP contribution in [0.15, 0.2) is 4.47 Å². The lowest BCUT2D eigenvalue weighted by Gasteiger charge is -2.31. The van der Waals surface area contributed by atoms with Crippen LogP contribution in [-0.2, 0) is 4.74 Å². The third kappa shape index (κ3) is 3.77. The lowest BCUT2D eigenvalue weighted by atomic mass is 10.0. The Morgan fingerprint density at radius 3 is 2.86 bits per heavy atom. The highest BCUT2D eigenvalue weighted by molar-refractivity contribution is 9.10. The summed E-state index contributed by atoms with van der Waals surface area (Å²) in [4.78, 5) is 15.3. The van der Waals surface area contributed by atoms with Crippen LogP contribution < -0.4 is 10.6 Å². The van der Waals surface area contributed by atoms with Crippen LogP contribution >= 0.6 is 28.3 Å². The summed E-state index contributed by atoms with van der Waals surface area (Å²) in [5.74, 6) is -0.226. The summed E-state index contributed by atoms with van der Waals surface area (Å²) in [7, 11) is 1.64. The van der Waals surface area contributed by atoms with Crippen molar-refractivity contribution >= 4 is 34.2 Å². The second-order valence-corrected chi connectivity index (χ2v) is 5.57. The number of aromatic nitrogens is 1. The first-order chi connectivity index (χ1) is 9.58. The Kier molecular flexibility index (Phi) is 6.68. The fraction of sp³-hybridized carbons (Fsp3) is 0.538. The number of ether oxygens (including phenoxy) is 1. The molecule has 1 amide bonds. The van der Waals surface area contributed by atoms with Gasteiger partial charge in [-0.1, -0.05) is 0 Å². The van der Waals surface area contributed by atoms with Crippen molar-refractivity contribution in [1.29, 1.82) is 5.26 Å². The summed E-state index contributed by atoms with van der Waals surface area (Å²) in [5, 5.41) is 15.2. The second-order valence-electron chi connectivity index (χ2n) is 4.77. The van der Waals surface area contributed by atoms with Crippen LogP contribution in [-0.4, -0.2) is 43.2 Å². The van der Waals surface area contributed by atoms with Gasteiger partial charge in [0.2, 0.25) is 0 Å². The number of methoxy groups -OCH3 is 1. The first-order valence-electron chi connectivity index (χ1n) is 6.41. The molecule has 0 spiro atoms. The zero-order chi connectivity index (χ0) is 14.7. The number of nitrogens with zero attached hydrogens (tertiary/aromatic N) is 1. The Labute approximate surface area is 138 Å². The van der Waals surface area contributed by atoms with Crippen molar-refractivity contribution in [3.63, 3.8) is 0 Å². The van der Waals surface area contributed by atoms with E-state index in [1.807, 2.05) is 0 Å². The molecular formula is C13H18BrClN4O2. The molecule has 1 aliphatic rings. The molecule has 0 unspecified atom stereocenters. The molecule has 2 atom stereocenters. The topological polar surface area (TPSA) is 89.9 Å². The predicted molar refractivity (Wildman–Crippen MR) is 84.7 cm³/mol. The number of halogens is 2. The largest absolute Gasteiger partial charge is 0.378 e. The quantitative estimate of drug-likeness (QED) is 0.744. The lowest BCUT2D eigenvalue weighted by molar-refractivity contribution is 0.0475. The van der Waals surface area contributed by atoms with E-state index in [1.54, 1.807) is 14.0 Å². The van der Waals surface area contributed by atoms with E-state index >= 15 is 0 Å². The van der Waals surface area contributed by atoms with Gasteiger partial charge >= 0.3 is 0 Å². The highest BCUT2D eigenvalue weighted by Crippen LogP contribution is 2.24. The number of aromatic amines is 1. The molecule has 8 heteroatoms. The second kappa shape index (κ2) is 7.80. The standard InChI is InChI=1S/C13H17BrN4O2.ClH/c1-7-8(5-15)11(14)12(17-7)13(19)18-9-3-4-16-6-10(9)20-2;/h9-10,16-17H,3-4,6H2,1-2H3,(H,18,19);1H/t9-,10-;/m1./s1. The number of nitriles is 1. The summed E-state index contributed by atoms with van der Waals surface area (Å²) in [6.45, 7) is 3.33. The molecule has 0 saturated carbocycles. The SMILES string of the molecule is CO[C@@H]1CNCC[C@H]1NC(=O)c1[nH]c(C)c(C#N)c1Br.Cl. The molecule has 21 heavy (non-hydrogen) atoms. The van der Waals surface area contributed by atoms with E-state index in [2.05, 4.69) is 37.6 Å². The van der Waals surface area contributed by atoms with E-state index < -0.39 is 0 Å². The minimum atomic E-state index is -0.226. The summed E-state index contributed by atoms with van der Waals surface area (Å²) in [6, 6.07) is 2.04. The first kappa shape index (κ1) is 18.0. The Balaban J connectivity index is 0.00000220. The van der Waals surface area contributed by atoms with E-state index in [4.69, 9.17) is 10.00 Å². The molecule has 3 N–H and O–H groups in total. The monoisotopic (exact) mass is 376 g/mol. The summed E-state index contributed by atoms with van der Waals surface area (Å²) in [6.07, 6.45) is 0.769. The molecule has 116 valence electrons. The van der Waals surface area contributed by atoms with Crippen LogP contribution in [0.2, 0.25) is 0 Å². The van der Waals surface area contributed by atoms with Gasteiger partial charge in [-0.25, -0.2) is 0 Å². The number of piperidine rings is 1. The summed E-state index contributed by atoms with van der Waals surface area (Å²) in [5.41, 5.74) is 1.52. The molecule has 0 aromatic carbocycles. The molecule has 0 bridgehead atoms. The fourth-order valence-corrected chi connectivity index (χ4v) is 3.03. The van der Waals surface area contributed by atoms with E-state index in [0.29, 0.717) is 21.4 Å². The highest BCUT2D eigenvalue weighted by Gasteiger charge is 2.28. The molecule has 2 rings (SSSR count). The van der Waals surface area contributed by atoms with Crippen LogP contribution in [0.5, 0.6) is 0 Å². The van der Waals surface area contributed by atoms with E-state index in [-0.39, 0.29) is 30.5 Å². The average molecular weight is 378 g/mol. The van der Waals surface area contributed by atoms with Crippen molar-refractivity contribution in [3.05, 3.63) is 21.4 Å². The van der Waals surface area contributed by atoms with Crippen molar-refractivity contribution in [2.45, 2.75) is 25.5 Å². The molecule has 6 nitrogen and oxygen atoms in total. The maximum absolute atomic E-state index is 12.3. The van der Waals surface area contributed by atoms with Gasteiger partial charge in [-0.15, -0.1) is 12.4 Å². The minimum absolute atomic E-state index is 0. The van der Waals surface area contributed by atoms with Crippen LogP contribution in [0.3, 0.4) is 0 Å². The summed E-state index contributed by atoms with van der Waals surface area (Å²) < 4.78 is 5.88. The van der Waals surface area contributed by atoms with Gasteiger partial charge in [0.05, 0.1) is 22.2 Å². The van der Waals surface area contributed by atoms with Crippen molar-refractivity contribution in [1.82, 2.24) is 15.6 Å². The molecule has 1 aliphatic heterocycles. The molecule has 1 aromatic rings. The molecule has 1 fully saturated rings. The van der Waals surface area contributed by atoms with Crippen LogP contribution in [0.25, 0.3) is 0 Å². The van der Waals surface area contributed by atoms with Gasteiger partial charge in [0.25, 0.3) is 5.91 Å². The van der Waals surface area contributed by atoms with E-state index in [9.17, 15) is 4.79 Å². The van der Waals surface area contributed by atoms with Gasteiger partial charge < -0.3 is 20.4 Å². The first-order valence-corrected chi connectivity index (χ1v) is 7.20. The smallest absolute Gasteiger partial charge is 0.269 e. The Hall–Kier alpha value is -1.07. The molecule has 1 saturated heterocycles. The maximum Gasteiger partial charge on any atom is 0.269 e. The van der Waals surface area contributed by atoms with Gasteiger partial charge in [-0.2, -0.15) is 5.26 Å². The van der Waals surface area contributed by atoms with Gasteiger partial charge in [0.1, 0.15) is 11.8 Å². The number of nitrogens with one attached hydrogen (secondary N) is 3. The number of H-pyrrole nitrogens is 1. The lowest BCUT2D eigenvalue weighted by Crippen LogP contribution is -2.53. The number of hydrogen-bond acceptors (Lipinski definition) is 4. The van der Waals surface area contributed by atoms with E-state index in [0.717, 1.165) is 19.5 Å². The number of carbonyl (C=O) groups excluding carboxylic acids is 1. The predicted octanol–water partition coefficient (Wildman–Crippen LogP) is 1.49. The van der Waals surface area contributed by atoms with Crippen LogP contribution in [0.4, 0.5) is 0 Å². The zero-order valence-electron chi connectivity index (χ0n) is 11.8. The zero-order valence-corrected chi connectivity index (χ0v) is 14.2. The third-order valence-corrected chi connectivity index (χ3v) is 4.30. The molecular weight excluding hydrogens is 360 g/mol. The Morgan fingerprint density at radius 1 is 1.57 bits per heavy atom. The van der Waals surface area contributed by atoms with Crippen molar-refractivity contribution in [3.8, 4) is 6.07 Å². The summed E-state index contributed by atoms with van der Waals surface area (Å²) >= 11 is 3.30. The van der Waals surface area contributed by atoms with Gasteiger partial charge in [-0.05, 0) is 35.8 Å². The van der Waals surface area contributed by atoms with Gasteiger partial charge in [0, 0.05) is 19.3 Å². The molecule has 1 aromatic heterocycles. The number of hydrogen-bond donors (Lipinski definition) is 3.